The van der Waals surface area contributed by atoms with Crippen LogP contribution in [0.5, 0.6) is 11.5 Å². The number of hydrogen-bond donors (Lipinski definition) is 2. The van der Waals surface area contributed by atoms with E-state index in [0.717, 1.165) is 5.56 Å². The first-order valence-electron chi connectivity index (χ1n) is 6.34. The number of phenols is 1. The van der Waals surface area contributed by atoms with Crippen LogP contribution in [0, 0.1) is 3.57 Å². The van der Waals surface area contributed by atoms with Crippen LogP contribution in [0.2, 0.25) is 10.0 Å². The maximum absolute atomic E-state index is 11.6. The Kier molecular flexibility index (Phi) is 6.49. The molecule has 0 unspecified atom stereocenters. The van der Waals surface area contributed by atoms with Crippen molar-refractivity contribution in [2.45, 2.75) is 0 Å². The van der Waals surface area contributed by atoms with Crippen molar-refractivity contribution in [2.24, 2.45) is 5.10 Å². The number of nitrogens with one attached hydrogen (secondary N) is 1. The number of carbonyl (C=O) groups is 1. The summed E-state index contributed by atoms with van der Waals surface area (Å²) in [5.41, 5.74) is 3.08. The maximum atomic E-state index is 11.6. The van der Waals surface area contributed by atoms with Crippen LogP contribution in [0.1, 0.15) is 5.56 Å². The Labute approximate surface area is 156 Å². The second kappa shape index (κ2) is 8.37. The Balaban J connectivity index is 1.85. The predicted octanol–water partition coefficient (Wildman–Crippen LogP) is 3.83. The summed E-state index contributed by atoms with van der Waals surface area (Å²) in [4.78, 5) is 11.6. The molecule has 23 heavy (non-hydrogen) atoms. The van der Waals surface area contributed by atoms with Crippen molar-refractivity contribution in [3.63, 3.8) is 0 Å². The summed E-state index contributed by atoms with van der Waals surface area (Å²) in [6.07, 6.45) is 1.47. The monoisotopic (exact) mass is 464 g/mol. The molecule has 1 amide bonds. The lowest BCUT2D eigenvalue weighted by Gasteiger charge is -2.07. The molecule has 120 valence electrons. The van der Waals surface area contributed by atoms with Crippen LogP contribution in [-0.4, -0.2) is 23.8 Å². The van der Waals surface area contributed by atoms with Gasteiger partial charge in [0.15, 0.2) is 6.61 Å². The molecule has 0 aliphatic heterocycles. The van der Waals surface area contributed by atoms with Crippen molar-refractivity contribution in [1.82, 2.24) is 5.43 Å². The summed E-state index contributed by atoms with van der Waals surface area (Å²) in [6, 6.07) is 9.69. The fourth-order valence-corrected chi connectivity index (χ4v) is 2.55. The Morgan fingerprint density at radius 1 is 1.30 bits per heavy atom. The summed E-state index contributed by atoms with van der Waals surface area (Å²) >= 11 is 13.7. The number of ether oxygens (including phenoxy) is 1. The Hall–Kier alpha value is -1.51. The van der Waals surface area contributed by atoms with Crippen molar-refractivity contribution in [3.8, 4) is 11.5 Å². The Morgan fingerprint density at radius 3 is 2.78 bits per heavy atom. The zero-order chi connectivity index (χ0) is 16.8. The van der Waals surface area contributed by atoms with Crippen molar-refractivity contribution in [3.05, 3.63) is 55.6 Å². The van der Waals surface area contributed by atoms with E-state index in [1.54, 1.807) is 30.3 Å². The fourth-order valence-electron chi connectivity index (χ4n) is 1.55. The van der Waals surface area contributed by atoms with Crippen LogP contribution in [-0.2, 0) is 4.79 Å². The van der Waals surface area contributed by atoms with Crippen LogP contribution < -0.4 is 10.2 Å². The molecule has 0 aliphatic rings. The highest BCUT2D eigenvalue weighted by atomic mass is 127. The predicted molar refractivity (Wildman–Crippen MR) is 98.5 cm³/mol. The highest BCUT2D eigenvalue weighted by Crippen LogP contribution is 2.27. The van der Waals surface area contributed by atoms with Gasteiger partial charge in [-0.3, -0.25) is 4.79 Å². The molecule has 0 aliphatic carbocycles. The molecule has 0 bridgehead atoms. The number of carbonyl (C=O) groups excluding carboxylic acids is 1. The number of hydrazone groups is 1. The van der Waals surface area contributed by atoms with Gasteiger partial charge in [0.25, 0.3) is 5.91 Å². The van der Waals surface area contributed by atoms with Crippen LogP contribution in [0.15, 0.2) is 41.5 Å². The van der Waals surface area contributed by atoms with Gasteiger partial charge < -0.3 is 9.84 Å². The number of aromatic hydroxyl groups is 1. The smallest absolute Gasteiger partial charge is 0.277 e. The van der Waals surface area contributed by atoms with E-state index < -0.39 is 5.91 Å². The number of benzene rings is 2. The van der Waals surface area contributed by atoms with Gasteiger partial charge in [0, 0.05) is 5.02 Å². The van der Waals surface area contributed by atoms with Gasteiger partial charge in [0.2, 0.25) is 0 Å². The van der Waals surface area contributed by atoms with Crippen LogP contribution in [0.4, 0.5) is 0 Å². The minimum absolute atomic E-state index is 0.194. The topological polar surface area (TPSA) is 70.9 Å². The first kappa shape index (κ1) is 17.8. The van der Waals surface area contributed by atoms with Crippen molar-refractivity contribution in [1.29, 1.82) is 0 Å². The third kappa shape index (κ3) is 5.56. The minimum Gasteiger partial charge on any atom is -0.507 e. The normalized spacial score (nSPS) is 10.7. The average molecular weight is 465 g/mol. The molecule has 2 N–H and O–H groups in total. The minimum atomic E-state index is -0.430. The third-order valence-electron chi connectivity index (χ3n) is 2.63. The highest BCUT2D eigenvalue weighted by Gasteiger charge is 2.05. The fraction of sp³-hybridized carbons (Fsp3) is 0.0667. The zero-order valence-electron chi connectivity index (χ0n) is 11.6. The van der Waals surface area contributed by atoms with E-state index >= 15 is 0 Å². The molecule has 0 radical (unpaired) electrons. The highest BCUT2D eigenvalue weighted by molar-refractivity contribution is 14.1. The van der Waals surface area contributed by atoms with E-state index in [2.05, 4.69) is 10.5 Å². The van der Waals surface area contributed by atoms with Gasteiger partial charge in [0.05, 0.1) is 14.8 Å². The Bertz CT molecular complexity index is 753. The molecule has 0 heterocycles. The largest absolute Gasteiger partial charge is 0.507 e. The lowest BCUT2D eigenvalue weighted by Crippen LogP contribution is -2.24. The van der Waals surface area contributed by atoms with Gasteiger partial charge in [-0.1, -0.05) is 23.2 Å². The van der Waals surface area contributed by atoms with Gasteiger partial charge >= 0.3 is 0 Å². The molecule has 0 aromatic heterocycles. The first-order valence-corrected chi connectivity index (χ1v) is 8.17. The van der Waals surface area contributed by atoms with Gasteiger partial charge in [-0.05, 0) is 64.6 Å². The summed E-state index contributed by atoms with van der Waals surface area (Å²) in [7, 11) is 0. The molecular formula is C15H11Cl2IN2O3. The van der Waals surface area contributed by atoms with Gasteiger partial charge in [-0.2, -0.15) is 5.10 Å². The zero-order valence-corrected chi connectivity index (χ0v) is 15.3. The van der Waals surface area contributed by atoms with Crippen LogP contribution >= 0.6 is 45.8 Å². The maximum Gasteiger partial charge on any atom is 0.277 e. The third-order valence-corrected chi connectivity index (χ3v) is 4.02. The van der Waals surface area contributed by atoms with Crippen molar-refractivity contribution in [2.75, 3.05) is 6.61 Å². The van der Waals surface area contributed by atoms with Gasteiger partial charge in [-0.15, -0.1) is 0 Å². The number of amides is 1. The average Bonchev–Trinajstić information content (AvgIpc) is 2.50. The number of nitrogens with zero attached hydrogens (tertiary/aromatic N) is 1. The van der Waals surface area contributed by atoms with E-state index in [1.807, 2.05) is 22.6 Å². The summed E-state index contributed by atoms with van der Waals surface area (Å²) < 4.78 is 5.97. The number of rotatable bonds is 5. The summed E-state index contributed by atoms with van der Waals surface area (Å²) in [5.74, 6) is 0.129. The van der Waals surface area contributed by atoms with Crippen molar-refractivity contribution >= 4 is 57.9 Å². The quantitative estimate of drug-likeness (QED) is 0.401. The first-order chi connectivity index (χ1) is 11.0. The van der Waals surface area contributed by atoms with Gasteiger partial charge in [0.1, 0.15) is 11.5 Å². The van der Waals surface area contributed by atoms with Crippen molar-refractivity contribution < 1.29 is 14.6 Å². The number of hydrogen-bond acceptors (Lipinski definition) is 4. The molecule has 0 spiro atoms. The van der Waals surface area contributed by atoms with Gasteiger partial charge in [-0.25, -0.2) is 5.43 Å². The molecule has 0 fully saturated rings. The second-order valence-electron chi connectivity index (χ2n) is 4.37. The number of halogens is 3. The van der Waals surface area contributed by atoms with E-state index in [1.165, 1.54) is 12.3 Å². The Morgan fingerprint density at radius 2 is 2.09 bits per heavy atom. The standard InChI is InChI=1S/C15H11Cl2IN2O3/c16-10-2-4-14(11(17)6-10)23-8-15(22)20-19-7-9-1-3-13(21)12(18)5-9/h1-7,21H,8H2,(H,20,22)/b19-7-. The lowest BCUT2D eigenvalue weighted by molar-refractivity contribution is -0.123. The molecule has 8 heteroatoms. The summed E-state index contributed by atoms with van der Waals surface area (Å²) in [6.45, 7) is -0.230. The van der Waals surface area contributed by atoms with E-state index in [0.29, 0.717) is 19.4 Å². The molecule has 2 rings (SSSR count). The van der Waals surface area contributed by atoms with Crippen LogP contribution in [0.3, 0.4) is 0 Å². The molecule has 0 saturated carbocycles. The molecule has 5 nitrogen and oxygen atoms in total. The van der Waals surface area contributed by atoms with Crippen LogP contribution in [0.25, 0.3) is 0 Å². The molecule has 2 aromatic carbocycles. The molecule has 2 aromatic rings. The molecule has 0 atom stereocenters. The van der Waals surface area contributed by atoms with E-state index in [-0.39, 0.29) is 12.4 Å². The second-order valence-corrected chi connectivity index (χ2v) is 6.37. The summed E-state index contributed by atoms with van der Waals surface area (Å²) in [5, 5.41) is 14.0. The molecular weight excluding hydrogens is 454 g/mol. The lowest BCUT2D eigenvalue weighted by atomic mass is 10.2. The SMILES string of the molecule is O=C(COc1ccc(Cl)cc1Cl)N/N=C\c1ccc(O)c(I)c1. The molecule has 0 saturated heterocycles. The van der Waals surface area contributed by atoms with E-state index in [4.69, 9.17) is 27.9 Å². The van der Waals surface area contributed by atoms with E-state index in [9.17, 15) is 9.90 Å². The number of phenolic OH excluding ortho intramolecular Hbond substituents is 1.